The van der Waals surface area contributed by atoms with Gasteiger partial charge in [0.15, 0.2) is 6.29 Å². The molecule has 0 amide bonds. The molecule has 2 heteroatoms. The van der Waals surface area contributed by atoms with E-state index in [0.717, 1.165) is 0 Å². The van der Waals surface area contributed by atoms with E-state index in [1.165, 1.54) is 116 Å². The average molecular weight is 497 g/mol. The summed E-state index contributed by atoms with van der Waals surface area (Å²) in [5.41, 5.74) is 0.138. The molecule has 0 radical (unpaired) electrons. The fourth-order valence-corrected chi connectivity index (χ4v) is 4.82. The van der Waals surface area contributed by atoms with Crippen LogP contribution in [-0.4, -0.2) is 17.5 Å². The van der Waals surface area contributed by atoms with Crippen LogP contribution in [0.3, 0.4) is 0 Å². The SMILES string of the molecule is CCCCCCCCCC(CCCCCCCCCCC(C)(C)C)C(OC(C)(C)C)OC(C)(C)C. The van der Waals surface area contributed by atoms with Crippen LogP contribution >= 0.6 is 0 Å². The molecule has 0 fully saturated rings. The largest absolute Gasteiger partial charge is 0.347 e. The quantitative estimate of drug-likeness (QED) is 0.116. The summed E-state index contributed by atoms with van der Waals surface area (Å²) in [6.45, 7) is 22.4. The molecular formula is C33H68O2. The molecule has 1 atom stereocenters. The topological polar surface area (TPSA) is 18.5 Å². The van der Waals surface area contributed by atoms with Crippen molar-refractivity contribution in [2.75, 3.05) is 0 Å². The van der Waals surface area contributed by atoms with Gasteiger partial charge < -0.3 is 9.47 Å². The van der Waals surface area contributed by atoms with Crippen LogP contribution in [0.2, 0.25) is 0 Å². The summed E-state index contributed by atoms with van der Waals surface area (Å²) in [5, 5.41) is 0. The van der Waals surface area contributed by atoms with Gasteiger partial charge in [0.25, 0.3) is 0 Å². The van der Waals surface area contributed by atoms with Gasteiger partial charge in [0, 0.05) is 5.92 Å². The van der Waals surface area contributed by atoms with E-state index in [0.29, 0.717) is 11.3 Å². The van der Waals surface area contributed by atoms with Gasteiger partial charge in [-0.3, -0.25) is 0 Å². The van der Waals surface area contributed by atoms with Gasteiger partial charge >= 0.3 is 0 Å². The van der Waals surface area contributed by atoms with Gasteiger partial charge in [0.05, 0.1) is 11.2 Å². The molecule has 35 heavy (non-hydrogen) atoms. The molecular weight excluding hydrogens is 428 g/mol. The molecule has 0 rings (SSSR count). The number of hydrogen-bond donors (Lipinski definition) is 0. The van der Waals surface area contributed by atoms with Gasteiger partial charge in [-0.25, -0.2) is 0 Å². The maximum absolute atomic E-state index is 6.52. The van der Waals surface area contributed by atoms with Gasteiger partial charge in [-0.05, 0) is 66.2 Å². The number of ether oxygens (including phenoxy) is 2. The fraction of sp³-hybridized carbons (Fsp3) is 1.00. The Balaban J connectivity index is 4.52. The number of hydrogen-bond acceptors (Lipinski definition) is 2. The maximum Gasteiger partial charge on any atom is 0.161 e. The minimum absolute atomic E-state index is 0.0992. The standard InChI is InChI=1S/C33H68O2/c1-11-12-13-14-17-20-23-26-29(30(34-32(5,6)7)35-33(8,9)10)27-24-21-18-15-16-19-22-25-28-31(2,3)4/h29-30H,11-28H2,1-10H3. The summed E-state index contributed by atoms with van der Waals surface area (Å²) in [6, 6.07) is 0. The van der Waals surface area contributed by atoms with Crippen molar-refractivity contribution in [3.05, 3.63) is 0 Å². The Morgan fingerprint density at radius 3 is 1.14 bits per heavy atom. The first-order valence-corrected chi connectivity index (χ1v) is 15.6. The van der Waals surface area contributed by atoms with Crippen LogP contribution in [0, 0.1) is 11.3 Å². The van der Waals surface area contributed by atoms with Gasteiger partial charge in [0.1, 0.15) is 0 Å². The zero-order chi connectivity index (χ0) is 26.8. The smallest absolute Gasteiger partial charge is 0.161 e. The Kier molecular flexibility index (Phi) is 19.0. The molecule has 0 saturated carbocycles. The molecule has 0 aliphatic rings. The molecule has 0 heterocycles. The highest BCUT2D eigenvalue weighted by molar-refractivity contribution is 4.73. The highest BCUT2D eigenvalue weighted by atomic mass is 16.7. The van der Waals surface area contributed by atoms with Crippen molar-refractivity contribution in [2.24, 2.45) is 11.3 Å². The first-order valence-electron chi connectivity index (χ1n) is 15.6. The Bertz CT molecular complexity index is 447. The third-order valence-corrected chi connectivity index (χ3v) is 6.75. The van der Waals surface area contributed by atoms with Crippen molar-refractivity contribution in [3.8, 4) is 0 Å². The van der Waals surface area contributed by atoms with Gasteiger partial charge in [-0.1, -0.05) is 124 Å². The summed E-state index contributed by atoms with van der Waals surface area (Å²) >= 11 is 0. The van der Waals surface area contributed by atoms with E-state index in [1.807, 2.05) is 0 Å². The zero-order valence-corrected chi connectivity index (χ0v) is 26.2. The van der Waals surface area contributed by atoms with E-state index < -0.39 is 0 Å². The van der Waals surface area contributed by atoms with Crippen LogP contribution in [0.4, 0.5) is 0 Å². The van der Waals surface area contributed by atoms with E-state index in [9.17, 15) is 0 Å². The second-order valence-corrected chi connectivity index (χ2v) is 14.4. The minimum Gasteiger partial charge on any atom is -0.347 e. The second kappa shape index (κ2) is 19.1. The van der Waals surface area contributed by atoms with Gasteiger partial charge in [-0.2, -0.15) is 0 Å². The van der Waals surface area contributed by atoms with Crippen LogP contribution in [0.1, 0.15) is 185 Å². The molecule has 1 unspecified atom stereocenters. The lowest BCUT2D eigenvalue weighted by Crippen LogP contribution is -2.40. The van der Waals surface area contributed by atoms with Crippen molar-refractivity contribution in [3.63, 3.8) is 0 Å². The number of rotatable bonds is 21. The molecule has 0 aromatic rings. The Morgan fingerprint density at radius 2 is 0.800 bits per heavy atom. The van der Waals surface area contributed by atoms with E-state index in [-0.39, 0.29) is 17.5 Å². The Morgan fingerprint density at radius 1 is 0.457 bits per heavy atom. The lowest BCUT2D eigenvalue weighted by atomic mass is 9.89. The van der Waals surface area contributed by atoms with Crippen LogP contribution < -0.4 is 0 Å². The van der Waals surface area contributed by atoms with Crippen molar-refractivity contribution in [1.82, 2.24) is 0 Å². The van der Waals surface area contributed by atoms with Crippen LogP contribution in [0.5, 0.6) is 0 Å². The van der Waals surface area contributed by atoms with Crippen molar-refractivity contribution >= 4 is 0 Å². The predicted molar refractivity (Wildman–Crippen MR) is 157 cm³/mol. The summed E-state index contributed by atoms with van der Waals surface area (Å²) < 4.78 is 13.0. The van der Waals surface area contributed by atoms with E-state index >= 15 is 0 Å². The van der Waals surface area contributed by atoms with Crippen molar-refractivity contribution < 1.29 is 9.47 Å². The molecule has 0 bridgehead atoms. The lowest BCUT2D eigenvalue weighted by molar-refractivity contribution is -0.257. The number of unbranched alkanes of at least 4 members (excludes halogenated alkanes) is 13. The molecule has 0 aliphatic carbocycles. The molecule has 0 saturated heterocycles. The zero-order valence-electron chi connectivity index (χ0n) is 26.2. The minimum atomic E-state index is -0.179. The fourth-order valence-electron chi connectivity index (χ4n) is 4.82. The van der Waals surface area contributed by atoms with Crippen molar-refractivity contribution in [1.29, 1.82) is 0 Å². The summed E-state index contributed by atoms with van der Waals surface area (Å²) in [4.78, 5) is 0. The van der Waals surface area contributed by atoms with Crippen molar-refractivity contribution in [2.45, 2.75) is 202 Å². The normalized spacial score (nSPS) is 14.1. The van der Waals surface area contributed by atoms with Gasteiger partial charge in [0.2, 0.25) is 0 Å². The summed E-state index contributed by atoms with van der Waals surface area (Å²) in [7, 11) is 0. The second-order valence-electron chi connectivity index (χ2n) is 14.4. The van der Waals surface area contributed by atoms with E-state index in [2.05, 4.69) is 69.2 Å². The predicted octanol–water partition coefficient (Wildman–Crippen LogP) is 11.6. The third-order valence-electron chi connectivity index (χ3n) is 6.75. The molecule has 0 aliphatic heterocycles. The Labute approximate surface area is 223 Å². The monoisotopic (exact) mass is 497 g/mol. The third kappa shape index (κ3) is 25.4. The summed E-state index contributed by atoms with van der Waals surface area (Å²) in [6.07, 6.45) is 24.4. The van der Waals surface area contributed by atoms with E-state index in [4.69, 9.17) is 9.47 Å². The molecule has 0 N–H and O–H groups in total. The lowest BCUT2D eigenvalue weighted by Gasteiger charge is -2.37. The molecule has 0 spiro atoms. The average Bonchev–Trinajstić information content (AvgIpc) is 2.69. The molecule has 2 nitrogen and oxygen atoms in total. The molecule has 0 aromatic heterocycles. The Hall–Kier alpha value is -0.0800. The highest BCUT2D eigenvalue weighted by Gasteiger charge is 2.31. The first kappa shape index (κ1) is 34.9. The van der Waals surface area contributed by atoms with Crippen LogP contribution in [-0.2, 0) is 9.47 Å². The molecule has 0 aromatic carbocycles. The van der Waals surface area contributed by atoms with Crippen LogP contribution in [0.25, 0.3) is 0 Å². The molecule has 212 valence electrons. The van der Waals surface area contributed by atoms with Gasteiger partial charge in [-0.15, -0.1) is 0 Å². The maximum atomic E-state index is 6.52. The summed E-state index contributed by atoms with van der Waals surface area (Å²) in [5.74, 6) is 0.501. The highest BCUT2D eigenvalue weighted by Crippen LogP contribution is 2.30. The first-order chi connectivity index (χ1) is 16.2. The van der Waals surface area contributed by atoms with Crippen LogP contribution in [0.15, 0.2) is 0 Å². The van der Waals surface area contributed by atoms with E-state index in [1.54, 1.807) is 0 Å².